The van der Waals surface area contributed by atoms with Crippen molar-refractivity contribution >= 4 is 49.0 Å². The van der Waals surface area contributed by atoms with Crippen LogP contribution >= 0.6 is 15.9 Å². The Morgan fingerprint density at radius 3 is 2.10 bits per heavy atom. The number of benzene rings is 4. The summed E-state index contributed by atoms with van der Waals surface area (Å²) in [5.41, 5.74) is 2.71. The predicted molar refractivity (Wildman–Crippen MR) is 170 cm³/mol. The van der Waals surface area contributed by atoms with Crippen molar-refractivity contribution in [1.29, 1.82) is 0 Å². The fourth-order valence-corrected chi connectivity index (χ4v) is 5.97. The molecule has 9 heteroatoms. The molecule has 0 aliphatic heterocycles. The lowest BCUT2D eigenvalue weighted by Gasteiger charge is -2.24. The highest BCUT2D eigenvalue weighted by atomic mass is 79.9. The molecule has 0 heterocycles. The molecule has 0 saturated carbocycles. The van der Waals surface area contributed by atoms with Crippen LogP contribution in [-0.4, -0.2) is 33.3 Å². The highest BCUT2D eigenvalue weighted by Crippen LogP contribution is 2.27. The number of halogens is 1. The second-order valence-electron chi connectivity index (χ2n) is 10.7. The summed E-state index contributed by atoms with van der Waals surface area (Å²) < 4.78 is 34.6. The maximum Gasteiger partial charge on any atom is 0.264 e. The van der Waals surface area contributed by atoms with Gasteiger partial charge in [0.25, 0.3) is 10.0 Å². The topological polar surface area (TPSA) is 92.8 Å². The fourth-order valence-electron chi connectivity index (χ4n) is 4.28. The van der Waals surface area contributed by atoms with Gasteiger partial charge in [-0.25, -0.2) is 8.42 Å². The standard InChI is InChI=1S/C33H33BrN2O5S/c1-5-41-29-17-15-28(16-18-29)36(42(39,40)30-19-13-26(34)14-20-30)22-31(37)35-27-8-6-7-24(21-27)32(38)23-9-11-25(12-10-23)33(2,3)4/h6-21H,5,22H2,1-4H3,(H,35,37). The molecule has 0 unspecified atom stereocenters. The number of hydrogen-bond donors (Lipinski definition) is 1. The van der Waals surface area contributed by atoms with Crippen molar-refractivity contribution < 1.29 is 22.7 Å². The van der Waals surface area contributed by atoms with E-state index in [1.54, 1.807) is 72.8 Å². The van der Waals surface area contributed by atoms with Crippen LogP contribution in [0, 0.1) is 0 Å². The first-order valence-corrected chi connectivity index (χ1v) is 15.7. The first-order chi connectivity index (χ1) is 19.9. The minimum absolute atomic E-state index is 0.0319. The van der Waals surface area contributed by atoms with Crippen molar-refractivity contribution in [1.82, 2.24) is 0 Å². The summed E-state index contributed by atoms with van der Waals surface area (Å²) in [5.74, 6) is -0.162. The lowest BCUT2D eigenvalue weighted by Crippen LogP contribution is -2.38. The molecule has 7 nitrogen and oxygen atoms in total. The van der Waals surface area contributed by atoms with E-state index in [1.807, 2.05) is 19.1 Å². The number of rotatable bonds is 10. The molecule has 0 spiro atoms. The molecule has 0 aliphatic rings. The van der Waals surface area contributed by atoms with Crippen LogP contribution in [0.2, 0.25) is 0 Å². The minimum atomic E-state index is -4.10. The number of sulfonamides is 1. The molecule has 0 atom stereocenters. The number of ketones is 1. The van der Waals surface area contributed by atoms with E-state index in [-0.39, 0.29) is 16.1 Å². The molecule has 1 N–H and O–H groups in total. The Bertz CT molecular complexity index is 1660. The van der Waals surface area contributed by atoms with Crippen molar-refractivity contribution in [3.63, 3.8) is 0 Å². The molecule has 0 saturated heterocycles. The van der Waals surface area contributed by atoms with Crippen LogP contribution in [0.25, 0.3) is 0 Å². The fraction of sp³-hybridized carbons (Fsp3) is 0.212. The monoisotopic (exact) mass is 648 g/mol. The third-order valence-electron chi connectivity index (χ3n) is 6.55. The number of hydrogen-bond acceptors (Lipinski definition) is 5. The third kappa shape index (κ3) is 7.46. The molecule has 4 aromatic carbocycles. The Kier molecular flexibility index (Phi) is 9.53. The van der Waals surface area contributed by atoms with E-state index < -0.39 is 22.5 Å². The zero-order valence-corrected chi connectivity index (χ0v) is 26.3. The number of carbonyl (C=O) groups excluding carboxylic acids is 2. The van der Waals surface area contributed by atoms with Gasteiger partial charge in [-0.3, -0.25) is 13.9 Å². The zero-order chi connectivity index (χ0) is 30.5. The number of ether oxygens (including phenoxy) is 1. The SMILES string of the molecule is CCOc1ccc(N(CC(=O)Nc2cccc(C(=O)c3ccc(C(C)(C)C)cc3)c2)S(=O)(=O)c2ccc(Br)cc2)cc1. The third-order valence-corrected chi connectivity index (χ3v) is 8.86. The quantitative estimate of drug-likeness (QED) is 0.183. The molecule has 4 aromatic rings. The summed E-state index contributed by atoms with van der Waals surface area (Å²) in [6.07, 6.45) is 0. The summed E-state index contributed by atoms with van der Waals surface area (Å²) in [4.78, 5) is 26.5. The number of nitrogens with zero attached hydrogens (tertiary/aromatic N) is 1. The highest BCUT2D eigenvalue weighted by Gasteiger charge is 2.27. The number of nitrogens with one attached hydrogen (secondary N) is 1. The Balaban J connectivity index is 1.57. The normalized spacial score (nSPS) is 11.5. The first-order valence-electron chi connectivity index (χ1n) is 13.4. The van der Waals surface area contributed by atoms with Gasteiger partial charge in [0.1, 0.15) is 12.3 Å². The van der Waals surface area contributed by atoms with Crippen LogP contribution in [0.3, 0.4) is 0 Å². The van der Waals surface area contributed by atoms with Crippen molar-refractivity contribution in [3.05, 3.63) is 118 Å². The molecule has 1 amide bonds. The van der Waals surface area contributed by atoms with E-state index in [0.29, 0.717) is 34.9 Å². The second-order valence-corrected chi connectivity index (χ2v) is 13.5. The van der Waals surface area contributed by atoms with Gasteiger partial charge in [0.2, 0.25) is 5.91 Å². The first kappa shape index (κ1) is 31.0. The predicted octanol–water partition coefficient (Wildman–Crippen LogP) is 7.21. The van der Waals surface area contributed by atoms with E-state index in [0.717, 1.165) is 14.3 Å². The van der Waals surface area contributed by atoms with Crippen molar-refractivity contribution in [3.8, 4) is 5.75 Å². The van der Waals surface area contributed by atoms with Gasteiger partial charge in [0.05, 0.1) is 17.2 Å². The van der Waals surface area contributed by atoms with E-state index in [2.05, 4.69) is 42.0 Å². The Morgan fingerprint density at radius 2 is 1.50 bits per heavy atom. The van der Waals surface area contributed by atoms with E-state index in [4.69, 9.17) is 4.74 Å². The van der Waals surface area contributed by atoms with Crippen LogP contribution in [-0.2, 0) is 20.2 Å². The average Bonchev–Trinajstić information content (AvgIpc) is 2.96. The van der Waals surface area contributed by atoms with Crippen molar-refractivity contribution in [2.24, 2.45) is 0 Å². The van der Waals surface area contributed by atoms with Gasteiger partial charge in [-0.05, 0) is 78.6 Å². The van der Waals surface area contributed by atoms with Crippen LogP contribution in [0.5, 0.6) is 5.75 Å². The minimum Gasteiger partial charge on any atom is -0.494 e. The summed E-state index contributed by atoms with van der Waals surface area (Å²) in [6.45, 7) is 8.16. The van der Waals surface area contributed by atoms with Gasteiger partial charge in [-0.1, -0.05) is 73.1 Å². The van der Waals surface area contributed by atoms with E-state index in [9.17, 15) is 18.0 Å². The number of amides is 1. The molecule has 4 rings (SSSR count). The highest BCUT2D eigenvalue weighted by molar-refractivity contribution is 9.10. The molecule has 0 aliphatic carbocycles. The molecule has 0 fully saturated rings. The lowest BCUT2D eigenvalue weighted by atomic mass is 9.86. The molecule has 0 bridgehead atoms. The van der Waals surface area contributed by atoms with Gasteiger partial charge in [0.15, 0.2) is 5.78 Å². The maximum absolute atomic E-state index is 13.7. The Hall–Kier alpha value is -3.95. The molecular formula is C33H33BrN2O5S. The molecule has 0 aromatic heterocycles. The lowest BCUT2D eigenvalue weighted by molar-refractivity contribution is -0.114. The molecule has 0 radical (unpaired) electrons. The largest absolute Gasteiger partial charge is 0.494 e. The second kappa shape index (κ2) is 12.9. The molecule has 218 valence electrons. The number of carbonyl (C=O) groups is 2. The van der Waals surface area contributed by atoms with E-state index >= 15 is 0 Å². The van der Waals surface area contributed by atoms with Crippen molar-refractivity contribution in [2.75, 3.05) is 22.8 Å². The number of anilines is 2. The van der Waals surface area contributed by atoms with Crippen molar-refractivity contribution in [2.45, 2.75) is 38.0 Å². The summed E-state index contributed by atoms with van der Waals surface area (Å²) in [6, 6.07) is 26.8. The van der Waals surface area contributed by atoms with E-state index in [1.165, 1.54) is 12.1 Å². The van der Waals surface area contributed by atoms with Gasteiger partial charge in [-0.2, -0.15) is 0 Å². The Morgan fingerprint density at radius 1 is 0.857 bits per heavy atom. The van der Waals surface area contributed by atoms with Crippen LogP contribution in [0.4, 0.5) is 11.4 Å². The van der Waals surface area contributed by atoms with Gasteiger partial charge in [0, 0.05) is 21.3 Å². The summed E-state index contributed by atoms with van der Waals surface area (Å²) >= 11 is 3.33. The molecule has 42 heavy (non-hydrogen) atoms. The van der Waals surface area contributed by atoms with Gasteiger partial charge >= 0.3 is 0 Å². The van der Waals surface area contributed by atoms with Gasteiger partial charge < -0.3 is 10.1 Å². The Labute approximate surface area is 255 Å². The smallest absolute Gasteiger partial charge is 0.264 e. The van der Waals surface area contributed by atoms with Crippen LogP contribution in [0.15, 0.2) is 106 Å². The van der Waals surface area contributed by atoms with Gasteiger partial charge in [-0.15, -0.1) is 0 Å². The molecular weight excluding hydrogens is 616 g/mol. The average molecular weight is 650 g/mol. The summed E-state index contributed by atoms with van der Waals surface area (Å²) in [7, 11) is -4.10. The van der Waals surface area contributed by atoms with Crippen LogP contribution in [0.1, 0.15) is 49.2 Å². The zero-order valence-electron chi connectivity index (χ0n) is 23.9. The van der Waals surface area contributed by atoms with Crippen LogP contribution < -0.4 is 14.4 Å². The maximum atomic E-state index is 13.7. The summed E-state index contributed by atoms with van der Waals surface area (Å²) in [5, 5.41) is 2.75.